The largest absolute Gasteiger partial charge is 0.481 e. The third-order valence-electron chi connectivity index (χ3n) is 13.8. The molecule has 4 aromatic rings. The number of benzene rings is 4. The van der Waals surface area contributed by atoms with Crippen LogP contribution in [0.5, 0.6) is 0 Å². The van der Waals surface area contributed by atoms with Gasteiger partial charge in [0.1, 0.15) is 0 Å². The van der Waals surface area contributed by atoms with Crippen LogP contribution >= 0.6 is 11.8 Å². The molecule has 1 aliphatic heterocycles. The Morgan fingerprint density at radius 3 is 2.18 bits per heavy atom. The van der Waals surface area contributed by atoms with Gasteiger partial charge in [0, 0.05) is 64.5 Å². The molecule has 1 unspecified atom stereocenters. The van der Waals surface area contributed by atoms with E-state index >= 15 is 0 Å². The number of anilines is 1. The minimum absolute atomic E-state index is 0.199. The van der Waals surface area contributed by atoms with Crippen LogP contribution in [0.4, 0.5) is 5.69 Å². The predicted molar refractivity (Wildman–Crippen MR) is 278 cm³/mol. The Hall–Kier alpha value is -4.88. The molecule has 1 heterocycles. The van der Waals surface area contributed by atoms with Gasteiger partial charge in [-0.05, 0) is 119 Å². The Balaban J connectivity index is 1.42. The second kappa shape index (κ2) is 23.5. The number of fused-ring (bicyclic) bond motifs is 4. The predicted octanol–water partition coefficient (Wildman–Crippen LogP) is 15.6. The Morgan fingerprint density at radius 2 is 1.48 bits per heavy atom. The first-order valence-corrected chi connectivity index (χ1v) is 25.6. The summed E-state index contributed by atoms with van der Waals surface area (Å²) < 4.78 is 0. The van der Waals surface area contributed by atoms with Crippen molar-refractivity contribution < 1.29 is 19.8 Å². The monoisotopic (exact) mass is 895 g/mol. The van der Waals surface area contributed by atoms with Gasteiger partial charge in [-0.25, -0.2) is 0 Å². The minimum atomic E-state index is -0.739. The van der Waals surface area contributed by atoms with Crippen LogP contribution in [-0.4, -0.2) is 46.7 Å². The first-order valence-electron chi connectivity index (χ1n) is 24.6. The van der Waals surface area contributed by atoms with Gasteiger partial charge in [0.25, 0.3) is 0 Å². The molecule has 6 nitrogen and oxygen atoms in total. The molecule has 6 rings (SSSR count). The summed E-state index contributed by atoms with van der Waals surface area (Å²) in [6.45, 7) is 15.5. The van der Waals surface area contributed by atoms with Crippen molar-refractivity contribution in [1.29, 1.82) is 0 Å². The van der Waals surface area contributed by atoms with Crippen molar-refractivity contribution in [3.05, 3.63) is 136 Å². The smallest absolute Gasteiger partial charge is 0.303 e. The van der Waals surface area contributed by atoms with Crippen LogP contribution in [0.2, 0.25) is 0 Å². The molecule has 1 aliphatic carbocycles. The second-order valence-corrected chi connectivity index (χ2v) is 20.3. The van der Waals surface area contributed by atoms with Crippen molar-refractivity contribution in [2.24, 2.45) is 10.9 Å². The summed E-state index contributed by atoms with van der Waals surface area (Å²) >= 11 is 2.06. The van der Waals surface area contributed by atoms with Gasteiger partial charge >= 0.3 is 11.9 Å². The summed E-state index contributed by atoms with van der Waals surface area (Å²) in [5, 5.41) is 23.6. The van der Waals surface area contributed by atoms with Crippen LogP contribution in [-0.2, 0) is 20.4 Å². The lowest BCUT2D eigenvalue weighted by molar-refractivity contribution is -0.138. The number of allylic oxidation sites excluding steroid dienone is 7. The normalized spacial score (nSPS) is 17.3. The fraction of sp³-hybridized carbons (Fsp3) is 0.466. The molecular weight excluding hydrogens is 821 g/mol. The van der Waals surface area contributed by atoms with E-state index in [4.69, 9.17) is 4.99 Å². The lowest BCUT2D eigenvalue weighted by Crippen LogP contribution is -2.28. The number of nitrogens with zero attached hydrogens (tertiary/aromatic N) is 2. The SMILES string of the molecule is CCCCC(CC)CSC1=C(/C=C/C(=NCCCCCC(=O)O)C(C)(C)c2cccc3ccccc23)CCC/C1=C\C=C1\N(CCCCCC(=O)O)c2ccc3ccccc3c2C1(C)C. The van der Waals surface area contributed by atoms with Gasteiger partial charge in [0.05, 0.1) is 0 Å². The molecule has 4 aromatic carbocycles. The van der Waals surface area contributed by atoms with Gasteiger partial charge in [-0.2, -0.15) is 0 Å². The lowest BCUT2D eigenvalue weighted by Gasteiger charge is -2.29. The quantitative estimate of drug-likeness (QED) is 0.0538. The second-order valence-electron chi connectivity index (χ2n) is 19.3. The number of hydrogen-bond donors (Lipinski definition) is 2. The standard InChI is InChI=1S/C58H74N2O4S/c1-7-9-22-42(8-2)41-65-56-45(34-37-51(59-39-18-10-12-31-53(61)62)57(3,4)49-30-21-25-43-23-14-16-28-47(43)49)26-20-27-46(56)35-38-52-58(5,6)55-48-29-17-15-24-44(48)33-36-50(55)60(52)40-19-11-13-32-54(63)64/h14-17,21,23-25,28-30,33-38,42H,7-13,18-20,22,26-27,31-32,39-41H2,1-6H3,(H,61,62)(H,63,64)/b37-34+,46-35+,52-38+,59-51?. The first-order chi connectivity index (χ1) is 31.4. The highest BCUT2D eigenvalue weighted by atomic mass is 32.2. The average Bonchev–Trinajstić information content (AvgIpc) is 3.51. The van der Waals surface area contributed by atoms with Crippen LogP contribution in [0.3, 0.4) is 0 Å². The maximum Gasteiger partial charge on any atom is 0.303 e. The third kappa shape index (κ3) is 12.5. The number of rotatable bonds is 24. The summed E-state index contributed by atoms with van der Waals surface area (Å²) in [5.74, 6) is 0.298. The van der Waals surface area contributed by atoms with E-state index in [2.05, 4.69) is 161 Å². The molecule has 2 N–H and O–H groups in total. The summed E-state index contributed by atoms with van der Waals surface area (Å²) in [5.41, 5.74) is 8.41. The fourth-order valence-electron chi connectivity index (χ4n) is 9.99. The van der Waals surface area contributed by atoms with Crippen molar-refractivity contribution in [1.82, 2.24) is 0 Å². The van der Waals surface area contributed by atoms with E-state index in [-0.39, 0.29) is 23.7 Å². The zero-order chi connectivity index (χ0) is 46.4. The molecule has 0 saturated carbocycles. The van der Waals surface area contributed by atoms with Crippen LogP contribution in [0.15, 0.2) is 130 Å². The van der Waals surface area contributed by atoms with Gasteiger partial charge in [0.15, 0.2) is 0 Å². The number of hydrogen-bond acceptors (Lipinski definition) is 5. The maximum atomic E-state index is 11.3. The Kier molecular flexibility index (Phi) is 17.9. The zero-order valence-electron chi connectivity index (χ0n) is 40.1. The van der Waals surface area contributed by atoms with Crippen molar-refractivity contribution in [3.8, 4) is 0 Å². The van der Waals surface area contributed by atoms with Gasteiger partial charge < -0.3 is 15.1 Å². The molecule has 0 fully saturated rings. The molecule has 0 spiro atoms. The Morgan fingerprint density at radius 1 is 0.800 bits per heavy atom. The molecule has 0 bridgehead atoms. The maximum absolute atomic E-state index is 11.3. The summed E-state index contributed by atoms with van der Waals surface area (Å²) in [6.07, 6.45) is 22.9. The van der Waals surface area contributed by atoms with Crippen molar-refractivity contribution >= 4 is 56.6 Å². The topological polar surface area (TPSA) is 90.2 Å². The van der Waals surface area contributed by atoms with Crippen molar-refractivity contribution in [2.75, 3.05) is 23.7 Å². The number of carboxylic acid groups (broad SMARTS) is 2. The Bertz CT molecular complexity index is 2430. The third-order valence-corrected chi connectivity index (χ3v) is 15.3. The van der Waals surface area contributed by atoms with Crippen molar-refractivity contribution in [2.45, 2.75) is 149 Å². The number of carboxylic acids is 2. The van der Waals surface area contributed by atoms with Gasteiger partial charge in [-0.1, -0.05) is 159 Å². The number of aliphatic imine (C=N–C) groups is 1. The van der Waals surface area contributed by atoms with Crippen LogP contribution < -0.4 is 4.90 Å². The van der Waals surface area contributed by atoms with Crippen LogP contribution in [0.25, 0.3) is 21.5 Å². The number of aliphatic carboxylic acids is 2. The van der Waals surface area contributed by atoms with E-state index in [0.717, 1.165) is 63.0 Å². The average molecular weight is 895 g/mol. The molecule has 346 valence electrons. The fourth-order valence-corrected chi connectivity index (χ4v) is 11.5. The van der Waals surface area contributed by atoms with E-state index in [9.17, 15) is 19.8 Å². The molecule has 0 saturated heterocycles. The lowest BCUT2D eigenvalue weighted by atomic mass is 9.77. The van der Waals surface area contributed by atoms with Crippen LogP contribution in [0, 0.1) is 5.92 Å². The van der Waals surface area contributed by atoms with Gasteiger partial charge in [-0.3, -0.25) is 14.6 Å². The van der Waals surface area contributed by atoms with Gasteiger partial charge in [0.2, 0.25) is 0 Å². The number of unbranched alkanes of at least 4 members (excludes halogenated alkanes) is 5. The molecule has 7 heteroatoms. The van der Waals surface area contributed by atoms with Gasteiger partial charge in [-0.15, -0.1) is 11.8 Å². The molecule has 2 aliphatic rings. The highest BCUT2D eigenvalue weighted by Gasteiger charge is 2.41. The number of thioether (sulfide) groups is 1. The summed E-state index contributed by atoms with van der Waals surface area (Å²) in [4.78, 5) is 31.8. The molecule has 1 atom stereocenters. The number of carbonyl (C=O) groups is 2. The Labute approximate surface area is 394 Å². The molecule has 65 heavy (non-hydrogen) atoms. The molecule has 0 amide bonds. The molecule has 0 aromatic heterocycles. The van der Waals surface area contributed by atoms with E-state index in [1.54, 1.807) is 0 Å². The van der Waals surface area contributed by atoms with E-state index < -0.39 is 11.9 Å². The summed E-state index contributed by atoms with van der Waals surface area (Å²) in [7, 11) is 0. The van der Waals surface area contributed by atoms with Crippen molar-refractivity contribution in [3.63, 3.8) is 0 Å². The molecular formula is C58H74N2O4S. The van der Waals surface area contributed by atoms with E-state index in [0.29, 0.717) is 25.3 Å². The van der Waals surface area contributed by atoms with Crippen LogP contribution in [0.1, 0.15) is 149 Å². The summed E-state index contributed by atoms with van der Waals surface area (Å²) in [6, 6.07) is 28.5. The highest BCUT2D eigenvalue weighted by molar-refractivity contribution is 8.03. The first kappa shape index (κ1) is 49.6. The minimum Gasteiger partial charge on any atom is -0.481 e. The van der Waals surface area contributed by atoms with E-state index in [1.807, 2.05) is 0 Å². The van der Waals surface area contributed by atoms with E-state index in [1.165, 1.54) is 85.8 Å². The molecule has 0 radical (unpaired) electrons. The highest BCUT2D eigenvalue weighted by Crippen LogP contribution is 2.51. The zero-order valence-corrected chi connectivity index (χ0v) is 41.0.